The van der Waals surface area contributed by atoms with E-state index in [9.17, 15) is 9.90 Å². The van der Waals surface area contributed by atoms with E-state index in [0.717, 1.165) is 25.9 Å². The third-order valence-corrected chi connectivity index (χ3v) is 3.91. The molecule has 0 radical (unpaired) electrons. The lowest BCUT2D eigenvalue weighted by Crippen LogP contribution is -2.40. The molecule has 2 aliphatic heterocycles. The molecule has 1 spiro atoms. The lowest BCUT2D eigenvalue weighted by Gasteiger charge is -2.27. The van der Waals surface area contributed by atoms with Crippen LogP contribution in [0.15, 0.2) is 0 Å². The van der Waals surface area contributed by atoms with Crippen LogP contribution in [0.5, 0.6) is 0 Å². The number of ether oxygens (including phenoxy) is 2. The van der Waals surface area contributed by atoms with Crippen LogP contribution < -0.4 is 5.32 Å². The molecule has 6 heteroatoms. The predicted molar refractivity (Wildman–Crippen MR) is 74.5 cm³/mol. The predicted octanol–water partition coefficient (Wildman–Crippen LogP) is -0.247. The van der Waals surface area contributed by atoms with Crippen molar-refractivity contribution in [3.63, 3.8) is 0 Å². The van der Waals surface area contributed by atoms with Gasteiger partial charge in [0.15, 0.2) is 0 Å². The van der Waals surface area contributed by atoms with Gasteiger partial charge in [0.1, 0.15) is 6.61 Å². The van der Waals surface area contributed by atoms with Crippen LogP contribution in [0.4, 0.5) is 0 Å². The van der Waals surface area contributed by atoms with Gasteiger partial charge in [-0.05, 0) is 20.3 Å². The number of likely N-dealkylation sites (tertiary alicyclic amines) is 1. The van der Waals surface area contributed by atoms with Gasteiger partial charge in [0.25, 0.3) is 0 Å². The van der Waals surface area contributed by atoms with E-state index in [1.807, 2.05) is 13.8 Å². The molecule has 0 aliphatic carbocycles. The summed E-state index contributed by atoms with van der Waals surface area (Å²) in [5, 5.41) is 12.4. The summed E-state index contributed by atoms with van der Waals surface area (Å²) in [6, 6.07) is 0. The maximum absolute atomic E-state index is 11.2. The number of carbonyl (C=O) groups excluding carboxylic acids is 1. The lowest BCUT2D eigenvalue weighted by molar-refractivity contribution is -0.127. The number of nitrogens with zero attached hydrogens (tertiary/aromatic N) is 1. The second-order valence-electron chi connectivity index (χ2n) is 6.58. The maximum atomic E-state index is 11.2. The molecule has 0 saturated carbocycles. The molecule has 116 valence electrons. The second kappa shape index (κ2) is 5.97. The average molecular weight is 286 g/mol. The van der Waals surface area contributed by atoms with Gasteiger partial charge in [-0.2, -0.15) is 0 Å². The van der Waals surface area contributed by atoms with Crippen LogP contribution in [0.1, 0.15) is 26.7 Å². The minimum absolute atomic E-state index is 0.00520. The van der Waals surface area contributed by atoms with Crippen molar-refractivity contribution in [3.05, 3.63) is 0 Å². The number of nitrogens with one attached hydrogen (secondary N) is 1. The molecule has 2 heterocycles. The van der Waals surface area contributed by atoms with Gasteiger partial charge in [-0.15, -0.1) is 0 Å². The van der Waals surface area contributed by atoms with Crippen LogP contribution in [0, 0.1) is 0 Å². The number of likely N-dealkylation sites (N-methyl/N-ethyl adjacent to an activating group) is 1. The molecule has 2 rings (SSSR count). The lowest BCUT2D eigenvalue weighted by atomic mass is 9.98. The number of carbonyl (C=O) groups is 1. The van der Waals surface area contributed by atoms with E-state index >= 15 is 0 Å². The Morgan fingerprint density at radius 1 is 1.60 bits per heavy atom. The molecule has 2 aliphatic rings. The summed E-state index contributed by atoms with van der Waals surface area (Å²) in [5.74, 6) is -0.110. The van der Waals surface area contributed by atoms with Gasteiger partial charge in [-0.1, -0.05) is 0 Å². The highest BCUT2D eigenvalue weighted by Crippen LogP contribution is 2.36. The summed E-state index contributed by atoms with van der Waals surface area (Å²) >= 11 is 0. The first-order chi connectivity index (χ1) is 9.32. The summed E-state index contributed by atoms with van der Waals surface area (Å²) in [6.45, 7) is 6.71. The molecule has 2 atom stereocenters. The number of β-amino-alcohol motifs (C(OH)–C–C–N with tert-alkyl or cyclic N) is 1. The fraction of sp³-hybridized carbons (Fsp3) is 0.929. The van der Waals surface area contributed by atoms with E-state index in [4.69, 9.17) is 9.47 Å². The van der Waals surface area contributed by atoms with Crippen LogP contribution in [-0.2, 0) is 14.3 Å². The smallest absolute Gasteiger partial charge is 0.245 e. The monoisotopic (exact) mass is 286 g/mol. The Balaban J connectivity index is 1.79. The first-order valence-corrected chi connectivity index (χ1v) is 7.23. The zero-order valence-electron chi connectivity index (χ0n) is 12.6. The van der Waals surface area contributed by atoms with E-state index < -0.39 is 5.60 Å². The molecule has 0 aromatic heterocycles. The van der Waals surface area contributed by atoms with E-state index in [2.05, 4.69) is 10.2 Å². The van der Waals surface area contributed by atoms with E-state index in [-0.39, 0.29) is 24.2 Å². The van der Waals surface area contributed by atoms with Crippen molar-refractivity contribution in [1.29, 1.82) is 0 Å². The quantitative estimate of drug-likeness (QED) is 0.729. The Morgan fingerprint density at radius 3 is 3.00 bits per heavy atom. The topological polar surface area (TPSA) is 71.0 Å². The molecule has 0 aromatic carbocycles. The van der Waals surface area contributed by atoms with Gasteiger partial charge in [0.05, 0.1) is 23.9 Å². The van der Waals surface area contributed by atoms with Gasteiger partial charge in [0, 0.05) is 33.1 Å². The second-order valence-corrected chi connectivity index (χ2v) is 6.58. The SMILES string of the molecule is CNC(=O)CO[C@@H]1CO[C@@]2(CCN(CC(C)(C)O)C2)C1. The van der Waals surface area contributed by atoms with Crippen LogP contribution in [0.3, 0.4) is 0 Å². The summed E-state index contributed by atoms with van der Waals surface area (Å²) in [5.41, 5.74) is -0.835. The first-order valence-electron chi connectivity index (χ1n) is 7.23. The van der Waals surface area contributed by atoms with Gasteiger partial charge >= 0.3 is 0 Å². The van der Waals surface area contributed by atoms with E-state index in [0.29, 0.717) is 13.2 Å². The molecule has 2 fully saturated rings. The minimum atomic E-state index is -0.681. The van der Waals surface area contributed by atoms with Crippen molar-refractivity contribution in [2.75, 3.05) is 39.9 Å². The van der Waals surface area contributed by atoms with E-state index in [1.165, 1.54) is 0 Å². The number of amides is 1. The average Bonchev–Trinajstić information content (AvgIpc) is 2.92. The van der Waals surface area contributed by atoms with Gasteiger partial charge in [-0.25, -0.2) is 0 Å². The third kappa shape index (κ3) is 4.15. The highest BCUT2D eigenvalue weighted by molar-refractivity contribution is 5.76. The molecule has 0 bridgehead atoms. The van der Waals surface area contributed by atoms with Gasteiger partial charge in [-0.3, -0.25) is 9.69 Å². The normalized spacial score (nSPS) is 31.1. The molecule has 1 amide bonds. The molecular formula is C14H26N2O4. The Labute approximate surface area is 120 Å². The summed E-state index contributed by atoms with van der Waals surface area (Å²) in [7, 11) is 1.60. The van der Waals surface area contributed by atoms with Crippen molar-refractivity contribution in [3.8, 4) is 0 Å². The van der Waals surface area contributed by atoms with E-state index in [1.54, 1.807) is 7.05 Å². The largest absolute Gasteiger partial charge is 0.389 e. The van der Waals surface area contributed by atoms with Crippen molar-refractivity contribution in [2.45, 2.75) is 44.0 Å². The number of hydrogen-bond acceptors (Lipinski definition) is 5. The summed E-state index contributed by atoms with van der Waals surface area (Å²) in [4.78, 5) is 13.4. The summed E-state index contributed by atoms with van der Waals surface area (Å²) in [6.07, 6.45) is 1.78. The Morgan fingerprint density at radius 2 is 2.35 bits per heavy atom. The highest BCUT2D eigenvalue weighted by atomic mass is 16.6. The zero-order chi connectivity index (χ0) is 14.8. The van der Waals surface area contributed by atoms with Crippen LogP contribution in [0.25, 0.3) is 0 Å². The standard InChI is InChI=1S/C14H26N2O4/c1-13(2,18)9-16-5-4-14(10-16)6-11(7-20-14)19-8-12(17)15-3/h11,18H,4-10H2,1-3H3,(H,15,17)/t11-,14-/m0/s1. The molecule has 6 nitrogen and oxygen atoms in total. The first kappa shape index (κ1) is 15.7. The fourth-order valence-electron chi connectivity index (χ4n) is 3.07. The molecule has 0 unspecified atom stereocenters. The minimum Gasteiger partial charge on any atom is -0.389 e. The van der Waals surface area contributed by atoms with Crippen molar-refractivity contribution in [1.82, 2.24) is 10.2 Å². The Hall–Kier alpha value is -0.690. The van der Waals surface area contributed by atoms with Gasteiger partial charge < -0.3 is 19.9 Å². The number of rotatable bonds is 5. The summed E-state index contributed by atoms with van der Waals surface area (Å²) < 4.78 is 11.5. The highest BCUT2D eigenvalue weighted by Gasteiger charge is 2.46. The Bertz CT molecular complexity index is 356. The third-order valence-electron chi connectivity index (χ3n) is 3.91. The number of aliphatic hydroxyl groups is 1. The molecular weight excluding hydrogens is 260 g/mol. The number of hydrogen-bond donors (Lipinski definition) is 2. The van der Waals surface area contributed by atoms with Crippen LogP contribution in [-0.4, -0.2) is 73.1 Å². The van der Waals surface area contributed by atoms with Crippen LogP contribution in [0.2, 0.25) is 0 Å². The van der Waals surface area contributed by atoms with Crippen molar-refractivity contribution >= 4 is 5.91 Å². The van der Waals surface area contributed by atoms with Crippen molar-refractivity contribution in [2.24, 2.45) is 0 Å². The molecule has 2 N–H and O–H groups in total. The maximum Gasteiger partial charge on any atom is 0.245 e. The molecule has 2 saturated heterocycles. The molecule has 20 heavy (non-hydrogen) atoms. The van der Waals surface area contributed by atoms with Crippen molar-refractivity contribution < 1.29 is 19.4 Å². The fourth-order valence-corrected chi connectivity index (χ4v) is 3.07. The van der Waals surface area contributed by atoms with Gasteiger partial charge in [0.2, 0.25) is 5.91 Å². The zero-order valence-corrected chi connectivity index (χ0v) is 12.6. The van der Waals surface area contributed by atoms with Crippen LogP contribution >= 0.6 is 0 Å². The molecule has 0 aromatic rings. The Kier molecular flexibility index (Phi) is 4.69.